The second kappa shape index (κ2) is 8.33. The first kappa shape index (κ1) is 17.0. The van der Waals surface area contributed by atoms with E-state index >= 15 is 0 Å². The van der Waals surface area contributed by atoms with Gasteiger partial charge in [0.25, 0.3) is 5.91 Å². The number of hydrogen-bond donors (Lipinski definition) is 1. The van der Waals surface area contributed by atoms with Crippen molar-refractivity contribution in [1.82, 2.24) is 5.43 Å². The molecule has 0 atom stereocenters. The highest BCUT2D eigenvalue weighted by atomic mass is 79.9. The van der Waals surface area contributed by atoms with Crippen LogP contribution in [0.2, 0.25) is 0 Å². The summed E-state index contributed by atoms with van der Waals surface area (Å²) in [5.41, 5.74) is 3.69. The molecule has 2 aromatic rings. The third-order valence-corrected chi connectivity index (χ3v) is 3.49. The monoisotopic (exact) mass is 376 g/mol. The Bertz CT molecular complexity index is 717. The molecule has 2 rings (SSSR count). The van der Waals surface area contributed by atoms with Gasteiger partial charge in [-0.15, -0.1) is 0 Å². The molecular formula is C17H17BrN2O3. The highest BCUT2D eigenvalue weighted by Gasteiger charge is 2.12. The van der Waals surface area contributed by atoms with Gasteiger partial charge in [-0.1, -0.05) is 28.1 Å². The maximum absolute atomic E-state index is 12.3. The van der Waals surface area contributed by atoms with Crippen molar-refractivity contribution in [2.45, 2.75) is 6.92 Å². The number of nitrogens with zero attached hydrogens (tertiary/aromatic N) is 1. The molecule has 0 aliphatic heterocycles. The largest absolute Gasteiger partial charge is 0.496 e. The molecule has 0 aliphatic rings. The van der Waals surface area contributed by atoms with Crippen molar-refractivity contribution < 1.29 is 14.3 Å². The third kappa shape index (κ3) is 4.56. The first-order valence-corrected chi connectivity index (χ1v) is 7.83. The smallest absolute Gasteiger partial charge is 0.275 e. The summed E-state index contributed by atoms with van der Waals surface area (Å²) in [5, 5.41) is 3.98. The quantitative estimate of drug-likeness (QED) is 0.618. The molecule has 1 N–H and O–H groups in total. The van der Waals surface area contributed by atoms with Crippen molar-refractivity contribution >= 4 is 28.1 Å². The molecule has 0 saturated heterocycles. The van der Waals surface area contributed by atoms with Crippen LogP contribution in [0.15, 0.2) is 52.0 Å². The maximum atomic E-state index is 12.3. The number of para-hydroxylation sites is 1. The van der Waals surface area contributed by atoms with Gasteiger partial charge in [-0.3, -0.25) is 4.79 Å². The topological polar surface area (TPSA) is 59.9 Å². The summed E-state index contributed by atoms with van der Waals surface area (Å²) >= 11 is 3.35. The number of halogens is 1. The van der Waals surface area contributed by atoms with Crippen LogP contribution in [0.3, 0.4) is 0 Å². The summed E-state index contributed by atoms with van der Waals surface area (Å²) in [6.07, 6.45) is 1.54. The number of carbonyl (C=O) groups is 1. The van der Waals surface area contributed by atoms with Gasteiger partial charge in [-0.25, -0.2) is 5.43 Å². The van der Waals surface area contributed by atoms with E-state index in [1.54, 1.807) is 19.2 Å². The van der Waals surface area contributed by atoms with E-state index in [0.29, 0.717) is 23.7 Å². The average Bonchev–Trinajstić information content (AvgIpc) is 2.57. The Morgan fingerprint density at radius 1 is 1.26 bits per heavy atom. The molecule has 0 spiro atoms. The minimum Gasteiger partial charge on any atom is -0.496 e. The van der Waals surface area contributed by atoms with Gasteiger partial charge in [0, 0.05) is 10.0 Å². The number of hydrogen-bond acceptors (Lipinski definition) is 4. The van der Waals surface area contributed by atoms with E-state index in [0.717, 1.165) is 10.0 Å². The zero-order chi connectivity index (χ0) is 16.7. The molecule has 0 saturated carbocycles. The lowest BCUT2D eigenvalue weighted by atomic mass is 10.2. The molecule has 6 heteroatoms. The van der Waals surface area contributed by atoms with Crippen LogP contribution in [-0.2, 0) is 0 Å². The van der Waals surface area contributed by atoms with E-state index in [1.807, 2.05) is 37.3 Å². The molecule has 0 bridgehead atoms. The fourth-order valence-corrected chi connectivity index (χ4v) is 2.32. The summed E-state index contributed by atoms with van der Waals surface area (Å²) in [6.45, 7) is 2.34. The molecule has 2 aromatic carbocycles. The Morgan fingerprint density at radius 3 is 2.78 bits per heavy atom. The lowest BCUT2D eigenvalue weighted by molar-refractivity contribution is 0.0951. The average molecular weight is 377 g/mol. The van der Waals surface area contributed by atoms with Crippen LogP contribution in [0.5, 0.6) is 11.5 Å². The number of methoxy groups -OCH3 is 1. The van der Waals surface area contributed by atoms with Crippen molar-refractivity contribution in [2.24, 2.45) is 5.10 Å². The zero-order valence-corrected chi connectivity index (χ0v) is 14.5. The first-order valence-electron chi connectivity index (χ1n) is 7.04. The number of carbonyl (C=O) groups excluding carboxylic acids is 1. The van der Waals surface area contributed by atoms with Crippen LogP contribution in [-0.4, -0.2) is 25.8 Å². The SMILES string of the molecule is CCOc1ccc(Br)cc1C(=O)N/N=C\c1ccccc1OC. The second-order valence-electron chi connectivity index (χ2n) is 4.51. The van der Waals surface area contributed by atoms with Crippen molar-refractivity contribution in [2.75, 3.05) is 13.7 Å². The number of nitrogens with one attached hydrogen (secondary N) is 1. The lowest BCUT2D eigenvalue weighted by Gasteiger charge is -2.09. The van der Waals surface area contributed by atoms with Crippen molar-refractivity contribution in [1.29, 1.82) is 0 Å². The molecule has 0 heterocycles. The van der Waals surface area contributed by atoms with Gasteiger partial charge in [0.05, 0.1) is 25.5 Å². The fraction of sp³-hybridized carbons (Fsp3) is 0.176. The van der Waals surface area contributed by atoms with Crippen LogP contribution in [0.4, 0.5) is 0 Å². The van der Waals surface area contributed by atoms with Gasteiger partial charge in [0.15, 0.2) is 0 Å². The van der Waals surface area contributed by atoms with E-state index in [1.165, 1.54) is 6.21 Å². The number of amides is 1. The minimum absolute atomic E-state index is 0.346. The lowest BCUT2D eigenvalue weighted by Crippen LogP contribution is -2.19. The van der Waals surface area contributed by atoms with Gasteiger partial charge in [0.1, 0.15) is 11.5 Å². The Hall–Kier alpha value is -2.34. The molecule has 0 unspecified atom stereocenters. The van der Waals surface area contributed by atoms with Gasteiger partial charge >= 0.3 is 0 Å². The molecule has 5 nitrogen and oxygen atoms in total. The summed E-state index contributed by atoms with van der Waals surface area (Å²) in [6, 6.07) is 12.7. The molecule has 1 amide bonds. The van der Waals surface area contributed by atoms with Gasteiger partial charge in [-0.2, -0.15) is 5.10 Å². The summed E-state index contributed by atoms with van der Waals surface area (Å²) < 4.78 is 11.5. The molecule has 0 aromatic heterocycles. The first-order chi connectivity index (χ1) is 11.2. The van der Waals surface area contributed by atoms with Crippen LogP contribution < -0.4 is 14.9 Å². The number of ether oxygens (including phenoxy) is 2. The van der Waals surface area contributed by atoms with Crippen LogP contribution in [0, 0.1) is 0 Å². The molecular weight excluding hydrogens is 360 g/mol. The Labute approximate surface area is 143 Å². The molecule has 0 fully saturated rings. The number of hydrazone groups is 1. The van der Waals surface area contributed by atoms with Gasteiger partial charge in [0.2, 0.25) is 0 Å². The van der Waals surface area contributed by atoms with E-state index in [9.17, 15) is 4.79 Å². The summed E-state index contributed by atoms with van der Waals surface area (Å²) in [4.78, 5) is 12.3. The number of benzene rings is 2. The Balaban J connectivity index is 2.13. The van der Waals surface area contributed by atoms with Crippen LogP contribution >= 0.6 is 15.9 Å². The van der Waals surface area contributed by atoms with Crippen molar-refractivity contribution in [3.63, 3.8) is 0 Å². The van der Waals surface area contributed by atoms with Gasteiger partial charge < -0.3 is 9.47 Å². The van der Waals surface area contributed by atoms with E-state index < -0.39 is 0 Å². The zero-order valence-electron chi connectivity index (χ0n) is 12.9. The second-order valence-corrected chi connectivity index (χ2v) is 5.43. The van der Waals surface area contributed by atoms with Crippen molar-refractivity contribution in [3.05, 3.63) is 58.1 Å². The van der Waals surface area contributed by atoms with E-state index in [-0.39, 0.29) is 5.91 Å². The maximum Gasteiger partial charge on any atom is 0.275 e. The fourth-order valence-electron chi connectivity index (χ4n) is 1.95. The number of rotatable bonds is 6. The molecule has 23 heavy (non-hydrogen) atoms. The minimum atomic E-state index is -0.346. The van der Waals surface area contributed by atoms with Crippen molar-refractivity contribution in [3.8, 4) is 11.5 Å². The molecule has 120 valence electrons. The normalized spacial score (nSPS) is 10.6. The predicted octanol–water partition coefficient (Wildman–Crippen LogP) is 3.62. The van der Waals surface area contributed by atoms with E-state index in [2.05, 4.69) is 26.5 Å². The highest BCUT2D eigenvalue weighted by Crippen LogP contribution is 2.23. The standard InChI is InChI=1S/C17H17BrN2O3/c1-3-23-16-9-8-13(18)10-14(16)17(21)20-19-11-12-6-4-5-7-15(12)22-2/h4-11H,3H2,1-2H3,(H,20,21)/b19-11-. The summed E-state index contributed by atoms with van der Waals surface area (Å²) in [7, 11) is 1.58. The van der Waals surface area contributed by atoms with Crippen LogP contribution in [0.25, 0.3) is 0 Å². The summed E-state index contributed by atoms with van der Waals surface area (Å²) in [5.74, 6) is 0.851. The Kier molecular flexibility index (Phi) is 6.17. The van der Waals surface area contributed by atoms with Crippen LogP contribution in [0.1, 0.15) is 22.8 Å². The highest BCUT2D eigenvalue weighted by molar-refractivity contribution is 9.10. The third-order valence-electron chi connectivity index (χ3n) is 2.99. The predicted molar refractivity (Wildman–Crippen MR) is 93.4 cm³/mol. The van der Waals surface area contributed by atoms with Gasteiger partial charge in [-0.05, 0) is 37.3 Å². The Morgan fingerprint density at radius 2 is 2.04 bits per heavy atom. The van der Waals surface area contributed by atoms with E-state index in [4.69, 9.17) is 9.47 Å². The molecule has 0 aliphatic carbocycles. The molecule has 0 radical (unpaired) electrons.